The highest BCUT2D eigenvalue weighted by Crippen LogP contribution is 2.58. The van der Waals surface area contributed by atoms with Crippen LogP contribution in [0, 0.1) is 11.3 Å². The lowest BCUT2D eigenvalue weighted by molar-refractivity contribution is -0.123. The molecule has 1 unspecified atom stereocenters. The van der Waals surface area contributed by atoms with E-state index >= 15 is 0 Å². The summed E-state index contributed by atoms with van der Waals surface area (Å²) < 4.78 is 0. The maximum atomic E-state index is 12.0. The maximum absolute atomic E-state index is 12.0. The molecule has 2 N–H and O–H groups in total. The third-order valence-electron chi connectivity index (χ3n) is 4.00. The molecule has 0 aromatic carbocycles. The Morgan fingerprint density at radius 2 is 2.41 bits per heavy atom. The predicted octanol–water partition coefficient (Wildman–Crippen LogP) is 1.15. The van der Waals surface area contributed by atoms with Crippen LogP contribution in [0.2, 0.25) is 0 Å². The molecule has 4 nitrogen and oxygen atoms in total. The van der Waals surface area contributed by atoms with E-state index in [1.165, 1.54) is 0 Å². The van der Waals surface area contributed by atoms with Crippen LogP contribution in [0.25, 0.3) is 0 Å². The van der Waals surface area contributed by atoms with Crippen LogP contribution in [0.4, 0.5) is 0 Å². The van der Waals surface area contributed by atoms with Crippen molar-refractivity contribution < 1.29 is 4.79 Å². The summed E-state index contributed by atoms with van der Waals surface area (Å²) in [6.45, 7) is 2.72. The Balaban J connectivity index is 1.51. The second kappa shape index (κ2) is 4.38. The molecular formula is C12H17N3OS. The van der Waals surface area contributed by atoms with Crippen molar-refractivity contribution in [3.05, 3.63) is 16.6 Å². The fourth-order valence-corrected chi connectivity index (χ4v) is 3.38. The zero-order valence-electron chi connectivity index (χ0n) is 9.74. The number of hydrogen-bond acceptors (Lipinski definition) is 4. The SMILES string of the molecule is O=C(NCc1nccs1)C1CC12CCNCC2. The molecule has 1 spiro atoms. The maximum Gasteiger partial charge on any atom is 0.224 e. The van der Waals surface area contributed by atoms with E-state index in [4.69, 9.17) is 0 Å². The zero-order valence-corrected chi connectivity index (χ0v) is 10.6. The van der Waals surface area contributed by atoms with Crippen LogP contribution in [0.3, 0.4) is 0 Å². The molecule has 1 aliphatic heterocycles. The summed E-state index contributed by atoms with van der Waals surface area (Å²) in [5.74, 6) is 0.478. The molecule has 2 heterocycles. The van der Waals surface area contributed by atoms with Crippen LogP contribution in [-0.4, -0.2) is 24.0 Å². The monoisotopic (exact) mass is 251 g/mol. The summed E-state index contributed by atoms with van der Waals surface area (Å²) in [6.07, 6.45) is 5.17. The van der Waals surface area contributed by atoms with E-state index in [1.807, 2.05) is 5.38 Å². The average Bonchev–Trinajstić information content (AvgIpc) is 2.82. The molecule has 2 aliphatic rings. The molecule has 3 rings (SSSR count). The number of nitrogens with one attached hydrogen (secondary N) is 2. The fourth-order valence-electron chi connectivity index (χ4n) is 2.82. The highest BCUT2D eigenvalue weighted by atomic mass is 32.1. The third kappa shape index (κ3) is 2.21. The molecule has 0 radical (unpaired) electrons. The Morgan fingerprint density at radius 1 is 1.59 bits per heavy atom. The van der Waals surface area contributed by atoms with Gasteiger partial charge < -0.3 is 10.6 Å². The highest BCUT2D eigenvalue weighted by molar-refractivity contribution is 7.09. The first-order valence-electron chi connectivity index (χ1n) is 6.17. The zero-order chi connectivity index (χ0) is 11.7. The first-order valence-corrected chi connectivity index (χ1v) is 7.05. The van der Waals surface area contributed by atoms with Gasteiger partial charge in [-0.25, -0.2) is 4.98 Å². The molecule has 1 aromatic rings. The van der Waals surface area contributed by atoms with Gasteiger partial charge in [-0.2, -0.15) is 0 Å². The molecule has 1 atom stereocenters. The van der Waals surface area contributed by atoms with Crippen molar-refractivity contribution in [3.63, 3.8) is 0 Å². The lowest BCUT2D eigenvalue weighted by atomic mass is 9.92. The smallest absolute Gasteiger partial charge is 0.224 e. The average molecular weight is 251 g/mol. The van der Waals surface area contributed by atoms with Gasteiger partial charge in [-0.05, 0) is 37.8 Å². The Morgan fingerprint density at radius 3 is 3.12 bits per heavy atom. The van der Waals surface area contributed by atoms with E-state index in [2.05, 4.69) is 15.6 Å². The number of hydrogen-bond donors (Lipinski definition) is 2. The summed E-state index contributed by atoms with van der Waals surface area (Å²) in [5, 5.41) is 9.28. The van der Waals surface area contributed by atoms with Crippen molar-refractivity contribution in [2.24, 2.45) is 11.3 Å². The highest BCUT2D eigenvalue weighted by Gasteiger charge is 2.57. The minimum absolute atomic E-state index is 0.224. The van der Waals surface area contributed by atoms with Crippen LogP contribution in [0.15, 0.2) is 11.6 Å². The van der Waals surface area contributed by atoms with E-state index in [0.717, 1.165) is 37.4 Å². The first-order chi connectivity index (χ1) is 8.30. The molecule has 1 saturated carbocycles. The number of thiazole rings is 1. The number of nitrogens with zero attached hydrogens (tertiary/aromatic N) is 1. The standard InChI is InChI=1S/C12H17N3OS/c16-11(15-8-10-14-5-6-17-10)9-7-12(9)1-3-13-4-2-12/h5-6,9,13H,1-4,7-8H2,(H,15,16). The van der Waals surface area contributed by atoms with Gasteiger partial charge in [-0.15, -0.1) is 11.3 Å². The largest absolute Gasteiger partial charge is 0.349 e. The van der Waals surface area contributed by atoms with E-state index in [1.54, 1.807) is 17.5 Å². The van der Waals surface area contributed by atoms with E-state index in [0.29, 0.717) is 12.0 Å². The molecule has 5 heteroatoms. The van der Waals surface area contributed by atoms with Gasteiger partial charge in [0.05, 0.1) is 6.54 Å². The lowest BCUT2D eigenvalue weighted by Gasteiger charge is -2.23. The number of aromatic nitrogens is 1. The van der Waals surface area contributed by atoms with Crippen LogP contribution in [-0.2, 0) is 11.3 Å². The van der Waals surface area contributed by atoms with E-state index in [-0.39, 0.29) is 11.8 Å². The Labute approximate surface area is 105 Å². The predicted molar refractivity (Wildman–Crippen MR) is 66.6 cm³/mol. The number of carbonyl (C=O) groups excluding carboxylic acids is 1. The van der Waals surface area contributed by atoms with Crippen LogP contribution in [0.5, 0.6) is 0 Å². The van der Waals surface area contributed by atoms with Gasteiger partial charge in [0.2, 0.25) is 5.91 Å². The van der Waals surface area contributed by atoms with Crippen molar-refractivity contribution in [2.75, 3.05) is 13.1 Å². The van der Waals surface area contributed by atoms with E-state index in [9.17, 15) is 4.79 Å². The number of rotatable bonds is 3. The van der Waals surface area contributed by atoms with Gasteiger partial charge in [0.15, 0.2) is 0 Å². The van der Waals surface area contributed by atoms with Crippen molar-refractivity contribution in [2.45, 2.75) is 25.8 Å². The van der Waals surface area contributed by atoms with Gasteiger partial charge in [-0.1, -0.05) is 0 Å². The van der Waals surface area contributed by atoms with Gasteiger partial charge in [0.25, 0.3) is 0 Å². The molecule has 92 valence electrons. The number of amides is 1. The summed E-state index contributed by atoms with van der Waals surface area (Å²) >= 11 is 1.59. The number of piperidine rings is 1. The molecule has 1 aliphatic carbocycles. The minimum atomic E-state index is 0.224. The molecule has 1 amide bonds. The summed E-state index contributed by atoms with van der Waals surface area (Å²) in [7, 11) is 0. The van der Waals surface area contributed by atoms with Crippen molar-refractivity contribution in [3.8, 4) is 0 Å². The third-order valence-corrected chi connectivity index (χ3v) is 4.78. The second-order valence-electron chi connectivity index (χ2n) is 5.01. The molecule has 0 bridgehead atoms. The van der Waals surface area contributed by atoms with E-state index < -0.39 is 0 Å². The Kier molecular flexibility index (Phi) is 2.88. The summed E-state index contributed by atoms with van der Waals surface area (Å²) in [4.78, 5) is 16.2. The molecular weight excluding hydrogens is 234 g/mol. The van der Waals surface area contributed by atoms with Crippen molar-refractivity contribution in [1.29, 1.82) is 0 Å². The van der Waals surface area contributed by atoms with Gasteiger partial charge >= 0.3 is 0 Å². The van der Waals surface area contributed by atoms with Gasteiger partial charge in [0.1, 0.15) is 5.01 Å². The normalized spacial score (nSPS) is 25.8. The summed E-state index contributed by atoms with van der Waals surface area (Å²) in [6, 6.07) is 0. The van der Waals surface area contributed by atoms with Gasteiger partial charge in [-0.3, -0.25) is 4.79 Å². The molecule has 17 heavy (non-hydrogen) atoms. The Hall–Kier alpha value is -0.940. The molecule has 2 fully saturated rings. The fraction of sp³-hybridized carbons (Fsp3) is 0.667. The van der Waals surface area contributed by atoms with Crippen molar-refractivity contribution >= 4 is 17.2 Å². The van der Waals surface area contributed by atoms with Crippen LogP contribution >= 0.6 is 11.3 Å². The number of carbonyl (C=O) groups is 1. The Bertz CT molecular complexity index is 398. The summed E-state index contributed by atoms with van der Waals surface area (Å²) in [5.41, 5.74) is 0.332. The second-order valence-corrected chi connectivity index (χ2v) is 5.99. The first kappa shape index (κ1) is 11.2. The molecule has 1 saturated heterocycles. The minimum Gasteiger partial charge on any atom is -0.349 e. The van der Waals surface area contributed by atoms with Gasteiger partial charge in [0, 0.05) is 17.5 Å². The lowest BCUT2D eigenvalue weighted by Crippen LogP contribution is -2.33. The van der Waals surface area contributed by atoms with Crippen molar-refractivity contribution in [1.82, 2.24) is 15.6 Å². The topological polar surface area (TPSA) is 54.0 Å². The quantitative estimate of drug-likeness (QED) is 0.847. The molecule has 1 aromatic heterocycles. The van der Waals surface area contributed by atoms with Crippen LogP contribution in [0.1, 0.15) is 24.3 Å². The van der Waals surface area contributed by atoms with Crippen LogP contribution < -0.4 is 10.6 Å².